The Morgan fingerprint density at radius 2 is 1.75 bits per heavy atom. The SMILES string of the molecule is CC(C)(C=CI)CC(=O)Oc1c(F)c(F)cc(F)c1F. The first-order valence-electron chi connectivity index (χ1n) is 5.49. The van der Waals surface area contributed by atoms with Crippen LogP contribution in [-0.2, 0) is 4.79 Å². The van der Waals surface area contributed by atoms with E-state index < -0.39 is 40.4 Å². The van der Waals surface area contributed by atoms with Gasteiger partial charge in [-0.1, -0.05) is 42.5 Å². The first kappa shape index (κ1) is 16.9. The van der Waals surface area contributed by atoms with Crippen molar-refractivity contribution in [2.45, 2.75) is 20.3 Å². The monoisotopic (exact) mass is 402 g/mol. The van der Waals surface area contributed by atoms with Gasteiger partial charge >= 0.3 is 5.97 Å². The molecule has 0 aliphatic carbocycles. The summed E-state index contributed by atoms with van der Waals surface area (Å²) in [6, 6.07) is 0.0464. The molecule has 110 valence electrons. The maximum absolute atomic E-state index is 13.3. The smallest absolute Gasteiger partial charge is 0.312 e. The van der Waals surface area contributed by atoms with Crippen molar-refractivity contribution >= 4 is 28.6 Å². The molecule has 0 bridgehead atoms. The molecule has 1 rings (SSSR count). The van der Waals surface area contributed by atoms with Crippen LogP contribution >= 0.6 is 22.6 Å². The average Bonchev–Trinajstić information content (AvgIpc) is 2.31. The molecule has 0 amide bonds. The molecular formula is C13H11F4IO2. The number of carbonyl (C=O) groups excluding carboxylic acids is 1. The van der Waals surface area contributed by atoms with Gasteiger partial charge in [0, 0.05) is 6.07 Å². The molecule has 2 nitrogen and oxygen atoms in total. The maximum Gasteiger partial charge on any atom is 0.312 e. The van der Waals surface area contributed by atoms with Crippen molar-refractivity contribution in [2.75, 3.05) is 0 Å². The molecule has 0 atom stereocenters. The van der Waals surface area contributed by atoms with Crippen LogP contribution in [0.2, 0.25) is 0 Å². The molecule has 1 aromatic carbocycles. The molecule has 0 fully saturated rings. The largest absolute Gasteiger partial charge is 0.420 e. The van der Waals surface area contributed by atoms with Crippen LogP contribution in [-0.4, -0.2) is 5.97 Å². The van der Waals surface area contributed by atoms with Gasteiger partial charge in [0.15, 0.2) is 11.6 Å². The summed E-state index contributed by atoms with van der Waals surface area (Å²) in [5, 5.41) is 0. The van der Waals surface area contributed by atoms with Crippen LogP contribution < -0.4 is 4.74 Å². The van der Waals surface area contributed by atoms with Gasteiger partial charge in [-0.15, -0.1) is 0 Å². The molecule has 0 saturated heterocycles. The topological polar surface area (TPSA) is 26.3 Å². The summed E-state index contributed by atoms with van der Waals surface area (Å²) in [4.78, 5) is 11.6. The standard InChI is InChI=1S/C13H11F4IO2/c1-13(2,3-4-18)6-9(19)20-12-10(16)7(14)5-8(15)11(12)17/h3-5H,6H2,1-2H3. The van der Waals surface area contributed by atoms with E-state index in [1.807, 2.05) is 22.6 Å². The maximum atomic E-state index is 13.3. The van der Waals surface area contributed by atoms with E-state index in [2.05, 4.69) is 4.74 Å². The fraction of sp³-hybridized carbons (Fsp3) is 0.308. The highest BCUT2D eigenvalue weighted by Gasteiger charge is 2.26. The number of halogens is 5. The second kappa shape index (κ2) is 6.55. The number of rotatable bonds is 4. The van der Waals surface area contributed by atoms with Gasteiger partial charge in [-0.05, 0) is 9.50 Å². The molecule has 1 aromatic rings. The van der Waals surface area contributed by atoms with Crippen LogP contribution in [0.3, 0.4) is 0 Å². The first-order chi connectivity index (χ1) is 9.18. The van der Waals surface area contributed by atoms with Crippen molar-refractivity contribution < 1.29 is 27.1 Å². The molecule has 20 heavy (non-hydrogen) atoms. The molecule has 0 aromatic heterocycles. The van der Waals surface area contributed by atoms with Crippen LogP contribution in [0.15, 0.2) is 16.2 Å². The fourth-order valence-corrected chi connectivity index (χ4v) is 2.37. The number of esters is 1. The quantitative estimate of drug-likeness (QED) is 0.244. The number of hydrogen-bond donors (Lipinski definition) is 0. The molecule has 0 aliphatic heterocycles. The minimum Gasteiger partial charge on any atom is -0.420 e. The zero-order valence-corrected chi connectivity index (χ0v) is 12.8. The van der Waals surface area contributed by atoms with Crippen LogP contribution in [0.4, 0.5) is 17.6 Å². The number of benzene rings is 1. The summed E-state index contributed by atoms with van der Waals surface area (Å²) < 4.78 is 58.6. The van der Waals surface area contributed by atoms with Crippen LogP contribution in [0, 0.1) is 28.7 Å². The molecular weight excluding hydrogens is 391 g/mol. The normalized spacial score (nSPS) is 11.9. The molecule has 0 radical (unpaired) electrons. The molecule has 0 unspecified atom stereocenters. The fourth-order valence-electron chi connectivity index (χ4n) is 1.39. The summed E-state index contributed by atoms with van der Waals surface area (Å²) >= 11 is 1.95. The Bertz CT molecular complexity index is 530. The van der Waals surface area contributed by atoms with E-state index in [4.69, 9.17) is 0 Å². The van der Waals surface area contributed by atoms with Crippen molar-refractivity contribution in [3.05, 3.63) is 39.5 Å². The highest BCUT2D eigenvalue weighted by atomic mass is 127. The number of hydrogen-bond acceptors (Lipinski definition) is 2. The van der Waals surface area contributed by atoms with Crippen molar-refractivity contribution in [1.82, 2.24) is 0 Å². The molecule has 0 aliphatic rings. The van der Waals surface area contributed by atoms with Gasteiger partial charge in [-0.2, -0.15) is 8.78 Å². The highest BCUT2D eigenvalue weighted by molar-refractivity contribution is 14.1. The minimum atomic E-state index is -1.74. The molecule has 0 N–H and O–H groups in total. The Kier molecular flexibility index (Phi) is 5.55. The van der Waals surface area contributed by atoms with Gasteiger partial charge in [-0.3, -0.25) is 4.79 Å². The van der Waals surface area contributed by atoms with Crippen molar-refractivity contribution in [1.29, 1.82) is 0 Å². The van der Waals surface area contributed by atoms with Gasteiger partial charge in [0.25, 0.3) is 0 Å². The van der Waals surface area contributed by atoms with Crippen molar-refractivity contribution in [2.24, 2.45) is 5.41 Å². The van der Waals surface area contributed by atoms with Crippen LogP contribution in [0.1, 0.15) is 20.3 Å². The van der Waals surface area contributed by atoms with E-state index in [0.29, 0.717) is 0 Å². The second-order valence-electron chi connectivity index (χ2n) is 4.73. The number of allylic oxidation sites excluding steroid dienone is 1. The van der Waals surface area contributed by atoms with E-state index in [1.54, 1.807) is 24.0 Å². The Labute approximate surface area is 126 Å². The second-order valence-corrected chi connectivity index (χ2v) is 5.45. The lowest BCUT2D eigenvalue weighted by atomic mass is 9.90. The summed E-state index contributed by atoms with van der Waals surface area (Å²) in [6.45, 7) is 3.39. The van der Waals surface area contributed by atoms with E-state index in [1.165, 1.54) is 0 Å². The molecule has 0 spiro atoms. The van der Waals surface area contributed by atoms with Crippen LogP contribution in [0.25, 0.3) is 0 Å². The minimum absolute atomic E-state index is 0.0464. The summed E-state index contributed by atoms with van der Waals surface area (Å²) in [6.07, 6.45) is 1.48. The molecule has 0 saturated carbocycles. The predicted octanol–water partition coefficient (Wildman–Crippen LogP) is 4.51. The van der Waals surface area contributed by atoms with Gasteiger partial charge in [0.1, 0.15) is 0 Å². The third-order valence-corrected chi connectivity index (χ3v) is 2.76. The summed E-state index contributed by atoms with van der Waals surface area (Å²) in [5.74, 6) is -9.08. The van der Waals surface area contributed by atoms with Gasteiger partial charge < -0.3 is 4.74 Å². The van der Waals surface area contributed by atoms with E-state index in [-0.39, 0.29) is 12.5 Å². The van der Waals surface area contributed by atoms with E-state index >= 15 is 0 Å². The van der Waals surface area contributed by atoms with Crippen molar-refractivity contribution in [3.63, 3.8) is 0 Å². The van der Waals surface area contributed by atoms with E-state index in [9.17, 15) is 22.4 Å². The van der Waals surface area contributed by atoms with Gasteiger partial charge in [0.05, 0.1) is 6.42 Å². The number of ether oxygens (including phenoxy) is 1. The summed E-state index contributed by atoms with van der Waals surface area (Å²) in [7, 11) is 0. The zero-order valence-electron chi connectivity index (χ0n) is 10.6. The van der Waals surface area contributed by atoms with Crippen LogP contribution in [0.5, 0.6) is 5.75 Å². The lowest BCUT2D eigenvalue weighted by molar-refractivity contribution is -0.136. The Morgan fingerprint density at radius 1 is 1.25 bits per heavy atom. The highest BCUT2D eigenvalue weighted by Crippen LogP contribution is 2.29. The third kappa shape index (κ3) is 4.19. The van der Waals surface area contributed by atoms with Crippen molar-refractivity contribution in [3.8, 4) is 5.75 Å². The average molecular weight is 402 g/mol. The Morgan fingerprint density at radius 3 is 2.20 bits per heavy atom. The lowest BCUT2D eigenvalue weighted by Crippen LogP contribution is -2.20. The zero-order chi connectivity index (χ0) is 15.5. The molecule has 0 heterocycles. The third-order valence-electron chi connectivity index (χ3n) is 2.40. The summed E-state index contributed by atoms with van der Waals surface area (Å²) in [5.41, 5.74) is -0.614. The number of carbonyl (C=O) groups is 1. The van der Waals surface area contributed by atoms with E-state index in [0.717, 1.165) is 0 Å². The Balaban J connectivity index is 2.97. The van der Waals surface area contributed by atoms with Gasteiger partial charge in [0.2, 0.25) is 17.4 Å². The lowest BCUT2D eigenvalue weighted by Gasteiger charge is -2.18. The predicted molar refractivity (Wildman–Crippen MR) is 73.5 cm³/mol. The molecule has 7 heteroatoms. The Hall–Kier alpha value is -1.12. The van der Waals surface area contributed by atoms with Gasteiger partial charge in [-0.25, -0.2) is 8.78 Å². The first-order valence-corrected chi connectivity index (χ1v) is 6.74.